The van der Waals surface area contributed by atoms with Crippen LogP contribution in [-0.2, 0) is 4.79 Å². The number of hydrogen-bond acceptors (Lipinski definition) is 3. The van der Waals surface area contributed by atoms with E-state index in [1.165, 1.54) is 10.5 Å². The summed E-state index contributed by atoms with van der Waals surface area (Å²) in [7, 11) is 0. The lowest BCUT2D eigenvalue weighted by molar-refractivity contribution is -0.123. The summed E-state index contributed by atoms with van der Waals surface area (Å²) in [6.07, 6.45) is 1.73. The van der Waals surface area contributed by atoms with Gasteiger partial charge in [0.2, 0.25) is 5.91 Å². The van der Waals surface area contributed by atoms with Gasteiger partial charge in [-0.3, -0.25) is 4.79 Å². The molecule has 0 aliphatic rings. The Morgan fingerprint density at radius 3 is 2.68 bits per heavy atom. The highest BCUT2D eigenvalue weighted by atomic mass is 32.2. The molecule has 0 spiro atoms. The summed E-state index contributed by atoms with van der Waals surface area (Å²) < 4.78 is 0. The molecule has 0 aromatic heterocycles. The Morgan fingerprint density at radius 1 is 1.42 bits per heavy atom. The standard InChI is InChI=1S/C15H24N2OS/c1-4-10-17-15(3,14(16)18)9-11-19-13-8-6-5-7-12(13)2/h5-8,17H,4,9-11H2,1-3H3,(H2,16,18). The van der Waals surface area contributed by atoms with Crippen molar-refractivity contribution in [1.29, 1.82) is 0 Å². The molecule has 0 heterocycles. The van der Waals surface area contributed by atoms with E-state index in [-0.39, 0.29) is 5.91 Å². The largest absolute Gasteiger partial charge is 0.368 e. The molecule has 0 radical (unpaired) electrons. The number of amides is 1. The van der Waals surface area contributed by atoms with Crippen LogP contribution in [0.4, 0.5) is 0 Å². The molecule has 0 aliphatic heterocycles. The number of carbonyl (C=O) groups is 1. The molecule has 19 heavy (non-hydrogen) atoms. The van der Waals surface area contributed by atoms with E-state index >= 15 is 0 Å². The van der Waals surface area contributed by atoms with Crippen LogP contribution in [0.5, 0.6) is 0 Å². The van der Waals surface area contributed by atoms with E-state index < -0.39 is 5.54 Å². The molecule has 0 saturated carbocycles. The lowest BCUT2D eigenvalue weighted by Gasteiger charge is -2.27. The molecule has 0 saturated heterocycles. The summed E-state index contributed by atoms with van der Waals surface area (Å²) in [5.74, 6) is 0.604. The zero-order chi connectivity index (χ0) is 14.3. The van der Waals surface area contributed by atoms with Crippen LogP contribution in [0.2, 0.25) is 0 Å². The van der Waals surface area contributed by atoms with E-state index in [0.29, 0.717) is 0 Å². The summed E-state index contributed by atoms with van der Waals surface area (Å²) >= 11 is 1.78. The summed E-state index contributed by atoms with van der Waals surface area (Å²) in [5.41, 5.74) is 6.18. The molecule has 1 aromatic rings. The molecule has 0 aliphatic carbocycles. The Labute approximate surface area is 120 Å². The molecule has 1 unspecified atom stereocenters. The van der Waals surface area contributed by atoms with Crippen LogP contribution in [0.3, 0.4) is 0 Å². The van der Waals surface area contributed by atoms with Crippen LogP contribution < -0.4 is 11.1 Å². The second-order valence-electron chi connectivity index (χ2n) is 4.99. The van der Waals surface area contributed by atoms with Gasteiger partial charge in [-0.15, -0.1) is 11.8 Å². The maximum atomic E-state index is 11.6. The monoisotopic (exact) mass is 280 g/mol. The van der Waals surface area contributed by atoms with E-state index in [2.05, 4.69) is 31.3 Å². The highest BCUT2D eigenvalue weighted by Crippen LogP contribution is 2.24. The number of nitrogens with two attached hydrogens (primary N) is 1. The summed E-state index contributed by atoms with van der Waals surface area (Å²) in [5, 5.41) is 3.26. The third-order valence-corrected chi connectivity index (χ3v) is 4.44. The molecule has 4 heteroatoms. The Morgan fingerprint density at radius 2 is 2.11 bits per heavy atom. The van der Waals surface area contributed by atoms with Crippen molar-refractivity contribution in [3.05, 3.63) is 29.8 Å². The molecular formula is C15H24N2OS. The first-order chi connectivity index (χ1) is 8.99. The molecule has 1 rings (SSSR count). The number of carbonyl (C=O) groups excluding carboxylic acids is 1. The number of rotatable bonds is 8. The lowest BCUT2D eigenvalue weighted by Crippen LogP contribution is -2.53. The van der Waals surface area contributed by atoms with E-state index in [1.54, 1.807) is 11.8 Å². The number of nitrogens with one attached hydrogen (secondary N) is 1. The van der Waals surface area contributed by atoms with Gasteiger partial charge in [0.1, 0.15) is 0 Å². The fourth-order valence-corrected chi connectivity index (χ4v) is 2.98. The third-order valence-electron chi connectivity index (χ3n) is 3.26. The minimum atomic E-state index is -0.605. The minimum absolute atomic E-state index is 0.272. The van der Waals surface area contributed by atoms with Gasteiger partial charge >= 0.3 is 0 Å². The van der Waals surface area contributed by atoms with Gasteiger partial charge in [-0.1, -0.05) is 25.1 Å². The van der Waals surface area contributed by atoms with Gasteiger partial charge in [-0.2, -0.15) is 0 Å². The fraction of sp³-hybridized carbons (Fsp3) is 0.533. The van der Waals surface area contributed by atoms with Gasteiger partial charge in [-0.25, -0.2) is 0 Å². The van der Waals surface area contributed by atoms with Crippen molar-refractivity contribution in [3.8, 4) is 0 Å². The van der Waals surface area contributed by atoms with Gasteiger partial charge in [-0.05, 0) is 44.9 Å². The molecule has 3 nitrogen and oxygen atoms in total. The molecule has 1 amide bonds. The lowest BCUT2D eigenvalue weighted by atomic mass is 9.98. The van der Waals surface area contributed by atoms with Gasteiger partial charge in [0.05, 0.1) is 5.54 Å². The second-order valence-corrected chi connectivity index (χ2v) is 6.12. The molecule has 1 aromatic carbocycles. The van der Waals surface area contributed by atoms with Crippen molar-refractivity contribution in [2.45, 2.75) is 44.0 Å². The SMILES string of the molecule is CCCNC(C)(CCSc1ccccc1C)C(N)=O. The average Bonchev–Trinajstić information content (AvgIpc) is 2.38. The smallest absolute Gasteiger partial charge is 0.237 e. The maximum Gasteiger partial charge on any atom is 0.237 e. The van der Waals surface area contributed by atoms with Gasteiger partial charge in [0, 0.05) is 10.6 Å². The van der Waals surface area contributed by atoms with Crippen LogP contribution in [0, 0.1) is 6.92 Å². The Kier molecular flexibility index (Phi) is 6.38. The Balaban J connectivity index is 2.53. The average molecular weight is 280 g/mol. The predicted molar refractivity (Wildman–Crippen MR) is 82.4 cm³/mol. The van der Waals surface area contributed by atoms with Crippen molar-refractivity contribution < 1.29 is 4.79 Å². The first-order valence-corrected chi connectivity index (χ1v) is 7.71. The number of thioether (sulfide) groups is 1. The van der Waals surface area contributed by atoms with Crippen molar-refractivity contribution in [1.82, 2.24) is 5.32 Å². The van der Waals surface area contributed by atoms with Crippen molar-refractivity contribution in [2.75, 3.05) is 12.3 Å². The second kappa shape index (κ2) is 7.56. The zero-order valence-corrected chi connectivity index (χ0v) is 12.8. The van der Waals surface area contributed by atoms with E-state index in [4.69, 9.17) is 5.73 Å². The predicted octanol–water partition coefficient (Wildman–Crippen LogP) is 2.72. The summed E-state index contributed by atoms with van der Waals surface area (Å²) in [6, 6.07) is 8.29. The number of aryl methyl sites for hydroxylation is 1. The quantitative estimate of drug-likeness (QED) is 0.720. The van der Waals surface area contributed by atoms with Crippen LogP contribution in [0.15, 0.2) is 29.2 Å². The molecule has 1 atom stereocenters. The maximum absolute atomic E-state index is 11.6. The Hall–Kier alpha value is -1.00. The molecule has 106 valence electrons. The van der Waals surface area contributed by atoms with Gasteiger partial charge < -0.3 is 11.1 Å². The summed E-state index contributed by atoms with van der Waals surface area (Å²) in [6.45, 7) is 6.89. The topological polar surface area (TPSA) is 55.1 Å². The Bertz CT molecular complexity index is 422. The van der Waals surface area contributed by atoms with E-state index in [0.717, 1.165) is 25.1 Å². The third kappa shape index (κ3) is 4.88. The first-order valence-electron chi connectivity index (χ1n) is 6.73. The highest BCUT2D eigenvalue weighted by molar-refractivity contribution is 7.99. The van der Waals surface area contributed by atoms with Gasteiger partial charge in [0.15, 0.2) is 0 Å². The first kappa shape index (κ1) is 16.1. The summed E-state index contributed by atoms with van der Waals surface area (Å²) in [4.78, 5) is 12.9. The van der Waals surface area contributed by atoms with Crippen molar-refractivity contribution in [3.63, 3.8) is 0 Å². The normalized spacial score (nSPS) is 14.1. The number of benzene rings is 1. The molecule has 0 bridgehead atoms. The van der Waals surface area contributed by atoms with E-state index in [9.17, 15) is 4.79 Å². The molecular weight excluding hydrogens is 256 g/mol. The van der Waals surface area contributed by atoms with Crippen LogP contribution in [0.1, 0.15) is 32.3 Å². The molecule has 3 N–H and O–H groups in total. The van der Waals surface area contributed by atoms with Gasteiger partial charge in [0.25, 0.3) is 0 Å². The van der Waals surface area contributed by atoms with Crippen LogP contribution in [0.25, 0.3) is 0 Å². The zero-order valence-electron chi connectivity index (χ0n) is 12.0. The number of primary amides is 1. The minimum Gasteiger partial charge on any atom is -0.368 e. The fourth-order valence-electron chi connectivity index (χ4n) is 1.78. The highest BCUT2D eigenvalue weighted by Gasteiger charge is 2.29. The van der Waals surface area contributed by atoms with E-state index in [1.807, 2.05) is 19.1 Å². The van der Waals surface area contributed by atoms with Crippen molar-refractivity contribution in [2.24, 2.45) is 5.73 Å². The van der Waals surface area contributed by atoms with Crippen LogP contribution >= 0.6 is 11.8 Å². The number of hydrogen-bond donors (Lipinski definition) is 2. The van der Waals surface area contributed by atoms with Crippen LogP contribution in [-0.4, -0.2) is 23.7 Å². The van der Waals surface area contributed by atoms with Crippen molar-refractivity contribution >= 4 is 17.7 Å². The molecule has 0 fully saturated rings.